The number of aryl methyl sites for hydroxylation is 1. The van der Waals surface area contributed by atoms with Crippen molar-refractivity contribution in [3.8, 4) is 0 Å². The number of esters is 1. The van der Waals surface area contributed by atoms with Gasteiger partial charge in [-0.2, -0.15) is 0 Å². The minimum absolute atomic E-state index is 0.00676. The maximum Gasteiger partial charge on any atom is 0.341 e. The van der Waals surface area contributed by atoms with Gasteiger partial charge < -0.3 is 15.4 Å². The number of ether oxygens (including phenoxy) is 1. The minimum atomic E-state index is -0.817. The molecular weight excluding hydrogens is 362 g/mol. The second-order valence-corrected chi connectivity index (χ2v) is 6.20. The highest BCUT2D eigenvalue weighted by Crippen LogP contribution is 2.22. The second-order valence-electron chi connectivity index (χ2n) is 6.20. The van der Waals surface area contributed by atoms with Gasteiger partial charge in [-0.15, -0.1) is 0 Å². The number of nitrogens with zero attached hydrogens (tertiary/aromatic N) is 1. The number of hydrogen-bond acceptors (Lipinski definition) is 6. The second kappa shape index (κ2) is 9.50. The number of anilines is 1. The molecule has 0 saturated carbocycles. The Morgan fingerprint density at radius 1 is 1.18 bits per heavy atom. The molecule has 2 N–H and O–H groups in total. The van der Waals surface area contributed by atoms with Crippen molar-refractivity contribution in [1.82, 2.24) is 5.32 Å². The van der Waals surface area contributed by atoms with Gasteiger partial charge in [0, 0.05) is 24.9 Å². The molecule has 0 aliphatic heterocycles. The first kappa shape index (κ1) is 20.9. The highest BCUT2D eigenvalue weighted by atomic mass is 16.6. The van der Waals surface area contributed by atoms with Gasteiger partial charge in [0.2, 0.25) is 0 Å². The van der Waals surface area contributed by atoms with Crippen LogP contribution in [0.3, 0.4) is 0 Å². The fourth-order valence-electron chi connectivity index (χ4n) is 2.65. The maximum atomic E-state index is 12.3. The molecule has 0 saturated heterocycles. The van der Waals surface area contributed by atoms with Crippen molar-refractivity contribution in [2.24, 2.45) is 0 Å². The fourth-order valence-corrected chi connectivity index (χ4v) is 2.65. The molecule has 0 spiro atoms. The first-order valence-electron chi connectivity index (χ1n) is 8.87. The van der Waals surface area contributed by atoms with E-state index in [2.05, 4.69) is 17.6 Å². The Morgan fingerprint density at radius 2 is 1.86 bits per heavy atom. The average Bonchev–Trinajstić information content (AvgIpc) is 2.71. The molecule has 28 heavy (non-hydrogen) atoms. The van der Waals surface area contributed by atoms with Crippen LogP contribution in [0.4, 0.5) is 11.4 Å². The average molecular weight is 385 g/mol. The number of hydrogen-bond donors (Lipinski definition) is 2. The SMILES string of the molecule is CCc1ccc([C@H](C)NC(=O)COC(=O)c2cc([N+](=O)[O-])ccc2NC)cc1. The molecule has 0 aliphatic carbocycles. The summed E-state index contributed by atoms with van der Waals surface area (Å²) in [5.74, 6) is -1.28. The summed E-state index contributed by atoms with van der Waals surface area (Å²) in [5, 5.41) is 16.4. The Kier molecular flexibility index (Phi) is 7.08. The van der Waals surface area contributed by atoms with Crippen LogP contribution >= 0.6 is 0 Å². The van der Waals surface area contributed by atoms with Crippen LogP contribution in [0.1, 0.15) is 41.4 Å². The van der Waals surface area contributed by atoms with Crippen LogP contribution in [0.15, 0.2) is 42.5 Å². The minimum Gasteiger partial charge on any atom is -0.452 e. The molecule has 8 heteroatoms. The van der Waals surface area contributed by atoms with E-state index in [1.54, 1.807) is 7.05 Å². The van der Waals surface area contributed by atoms with Crippen molar-refractivity contribution in [3.05, 3.63) is 69.3 Å². The van der Waals surface area contributed by atoms with Crippen LogP contribution in [0.25, 0.3) is 0 Å². The molecule has 1 amide bonds. The lowest BCUT2D eigenvalue weighted by Gasteiger charge is -2.15. The zero-order valence-electron chi connectivity index (χ0n) is 16.0. The van der Waals surface area contributed by atoms with Crippen LogP contribution in [0.2, 0.25) is 0 Å². The monoisotopic (exact) mass is 385 g/mol. The van der Waals surface area contributed by atoms with E-state index in [-0.39, 0.29) is 17.3 Å². The molecule has 0 aliphatic rings. The van der Waals surface area contributed by atoms with E-state index < -0.39 is 23.4 Å². The first-order chi connectivity index (χ1) is 13.3. The molecule has 0 unspecified atom stereocenters. The molecule has 0 bridgehead atoms. The van der Waals surface area contributed by atoms with Crippen LogP contribution in [0, 0.1) is 10.1 Å². The normalized spacial score (nSPS) is 11.4. The molecule has 0 heterocycles. The van der Waals surface area contributed by atoms with E-state index in [1.165, 1.54) is 17.7 Å². The Bertz CT molecular complexity index is 865. The maximum absolute atomic E-state index is 12.3. The van der Waals surface area contributed by atoms with Crippen molar-refractivity contribution < 1.29 is 19.2 Å². The van der Waals surface area contributed by atoms with Gasteiger partial charge in [0.25, 0.3) is 11.6 Å². The van der Waals surface area contributed by atoms with Crippen LogP contribution in [0.5, 0.6) is 0 Å². The zero-order valence-corrected chi connectivity index (χ0v) is 16.0. The van der Waals surface area contributed by atoms with Gasteiger partial charge in [0.1, 0.15) is 0 Å². The van der Waals surface area contributed by atoms with E-state index in [0.29, 0.717) is 5.69 Å². The van der Waals surface area contributed by atoms with Gasteiger partial charge in [0.15, 0.2) is 6.61 Å². The molecule has 0 radical (unpaired) electrons. The van der Waals surface area contributed by atoms with E-state index >= 15 is 0 Å². The van der Waals surface area contributed by atoms with Crippen LogP contribution < -0.4 is 10.6 Å². The summed E-state index contributed by atoms with van der Waals surface area (Å²) < 4.78 is 5.03. The lowest BCUT2D eigenvalue weighted by atomic mass is 10.1. The highest BCUT2D eigenvalue weighted by Gasteiger charge is 2.19. The molecule has 0 aromatic heterocycles. The largest absolute Gasteiger partial charge is 0.452 e. The number of nitrogens with one attached hydrogen (secondary N) is 2. The van der Waals surface area contributed by atoms with Crippen molar-refractivity contribution in [2.45, 2.75) is 26.3 Å². The molecule has 1 atom stereocenters. The lowest BCUT2D eigenvalue weighted by Crippen LogP contribution is -2.31. The third-order valence-electron chi connectivity index (χ3n) is 4.30. The van der Waals surface area contributed by atoms with Crippen LogP contribution in [-0.4, -0.2) is 30.5 Å². The summed E-state index contributed by atoms with van der Waals surface area (Å²) in [5.41, 5.74) is 2.27. The third-order valence-corrected chi connectivity index (χ3v) is 4.30. The van der Waals surface area contributed by atoms with Gasteiger partial charge in [-0.05, 0) is 30.5 Å². The van der Waals surface area contributed by atoms with Gasteiger partial charge in [0.05, 0.1) is 16.5 Å². The number of amides is 1. The molecule has 148 valence electrons. The van der Waals surface area contributed by atoms with Crippen molar-refractivity contribution >= 4 is 23.3 Å². The molecule has 2 aromatic carbocycles. The number of nitro groups is 1. The predicted octanol–water partition coefficient (Wildman–Crippen LogP) is 3.23. The number of rotatable bonds is 8. The smallest absolute Gasteiger partial charge is 0.341 e. The topological polar surface area (TPSA) is 111 Å². The Hall–Kier alpha value is -3.42. The molecule has 8 nitrogen and oxygen atoms in total. The van der Waals surface area contributed by atoms with Gasteiger partial charge in [-0.25, -0.2) is 4.79 Å². The number of carbonyl (C=O) groups is 2. The molecule has 2 rings (SSSR count). The quantitative estimate of drug-likeness (QED) is 0.410. The summed E-state index contributed by atoms with van der Waals surface area (Å²) >= 11 is 0. The summed E-state index contributed by atoms with van der Waals surface area (Å²) in [6.07, 6.45) is 0.934. The predicted molar refractivity (Wildman–Crippen MR) is 105 cm³/mol. The van der Waals surface area contributed by atoms with Gasteiger partial charge >= 0.3 is 5.97 Å². The standard InChI is InChI=1S/C20H23N3O5/c1-4-14-5-7-15(8-6-14)13(2)22-19(24)12-28-20(25)17-11-16(23(26)27)9-10-18(17)21-3/h5-11,13,21H,4,12H2,1-3H3,(H,22,24)/t13-/m0/s1. The number of non-ortho nitro benzene ring substituents is 1. The Morgan fingerprint density at radius 3 is 2.43 bits per heavy atom. The number of nitro benzene ring substituents is 1. The van der Waals surface area contributed by atoms with E-state index in [4.69, 9.17) is 4.74 Å². The van der Waals surface area contributed by atoms with Crippen molar-refractivity contribution in [3.63, 3.8) is 0 Å². The Balaban J connectivity index is 1.97. The van der Waals surface area contributed by atoms with Crippen LogP contribution in [-0.2, 0) is 16.0 Å². The zero-order chi connectivity index (χ0) is 20.7. The first-order valence-corrected chi connectivity index (χ1v) is 8.87. The highest BCUT2D eigenvalue weighted by molar-refractivity contribution is 5.97. The van der Waals surface area contributed by atoms with E-state index in [9.17, 15) is 19.7 Å². The number of carbonyl (C=O) groups excluding carboxylic acids is 2. The Labute approximate surface area is 163 Å². The van der Waals surface area contributed by atoms with Crippen molar-refractivity contribution in [2.75, 3.05) is 19.0 Å². The summed E-state index contributed by atoms with van der Waals surface area (Å²) in [7, 11) is 1.58. The fraction of sp³-hybridized carbons (Fsp3) is 0.300. The van der Waals surface area contributed by atoms with Gasteiger partial charge in [-0.3, -0.25) is 14.9 Å². The van der Waals surface area contributed by atoms with E-state index in [0.717, 1.165) is 18.1 Å². The molecule has 2 aromatic rings. The molecule has 0 fully saturated rings. The summed E-state index contributed by atoms with van der Waals surface area (Å²) in [6, 6.07) is 11.4. The number of benzene rings is 2. The third kappa shape index (κ3) is 5.29. The summed E-state index contributed by atoms with van der Waals surface area (Å²) in [6.45, 7) is 3.41. The lowest BCUT2D eigenvalue weighted by molar-refractivity contribution is -0.384. The van der Waals surface area contributed by atoms with E-state index in [1.807, 2.05) is 31.2 Å². The summed E-state index contributed by atoms with van der Waals surface area (Å²) in [4.78, 5) is 34.7. The van der Waals surface area contributed by atoms with Gasteiger partial charge in [-0.1, -0.05) is 31.2 Å². The van der Waals surface area contributed by atoms with Crippen molar-refractivity contribution in [1.29, 1.82) is 0 Å². The molecular formula is C20H23N3O5.